The highest BCUT2D eigenvalue weighted by Gasteiger charge is 2.39. The molecule has 63 heavy (non-hydrogen) atoms. The third-order valence-electron chi connectivity index (χ3n) is 15.5. The number of hydrogen-bond donors (Lipinski definition) is 0. The number of fused-ring (bicyclic) bond motifs is 9. The molecular formula is C61H61NO. The molecule has 1 fully saturated rings. The molecule has 2 heteroatoms. The van der Waals surface area contributed by atoms with Gasteiger partial charge in [0.25, 0.3) is 0 Å². The van der Waals surface area contributed by atoms with E-state index in [2.05, 4.69) is 195 Å². The summed E-state index contributed by atoms with van der Waals surface area (Å²) in [7, 11) is 0. The Labute approximate surface area is 375 Å². The van der Waals surface area contributed by atoms with Crippen LogP contribution in [0.4, 0.5) is 17.1 Å². The number of rotatable bonds is 5. The zero-order valence-corrected chi connectivity index (χ0v) is 39.0. The van der Waals surface area contributed by atoms with Gasteiger partial charge in [-0.05, 0) is 159 Å². The molecule has 0 saturated heterocycles. The third kappa shape index (κ3) is 6.11. The molecular weight excluding hydrogens is 763 g/mol. The quantitative estimate of drug-likeness (QED) is 0.172. The van der Waals surface area contributed by atoms with E-state index >= 15 is 0 Å². The molecule has 1 heterocycles. The molecule has 0 atom stereocenters. The fourth-order valence-corrected chi connectivity index (χ4v) is 12.2. The standard InChI is InChI=1S/C61H61NO/c1-36-29-37(2)56(38(3)30-36)40-31-50-49-21-16-20-44(39-17-12-11-13-18-39)57(49)63-58(50)55(32-40)62(42-24-27-47-45-19-14-15-22-51(45)60(7,8)53(47)34-42)43-25-28-48-46-26-23-41(59(4,5)6)33-52(46)61(9,10)54(48)35-43/h14-16,19-35,39H,11-13,17-18H2,1-10H3. The largest absolute Gasteiger partial charge is 0.454 e. The highest BCUT2D eigenvalue weighted by atomic mass is 16.3. The zero-order chi connectivity index (χ0) is 43.7. The van der Waals surface area contributed by atoms with E-state index in [4.69, 9.17) is 4.42 Å². The van der Waals surface area contributed by atoms with Gasteiger partial charge < -0.3 is 9.32 Å². The Morgan fingerprint density at radius 2 is 1.13 bits per heavy atom. The monoisotopic (exact) mass is 823 g/mol. The summed E-state index contributed by atoms with van der Waals surface area (Å²) in [5.41, 5.74) is 25.1. The average Bonchev–Trinajstić information content (AvgIpc) is 3.83. The summed E-state index contributed by atoms with van der Waals surface area (Å²) in [5.74, 6) is 0.517. The minimum atomic E-state index is -0.184. The van der Waals surface area contributed by atoms with Gasteiger partial charge in [-0.15, -0.1) is 0 Å². The van der Waals surface area contributed by atoms with Crippen molar-refractivity contribution in [2.45, 2.75) is 124 Å². The van der Waals surface area contributed by atoms with Gasteiger partial charge in [0.1, 0.15) is 5.58 Å². The third-order valence-corrected chi connectivity index (χ3v) is 15.5. The molecule has 11 rings (SSSR count). The van der Waals surface area contributed by atoms with Crippen LogP contribution in [-0.2, 0) is 16.2 Å². The van der Waals surface area contributed by atoms with Crippen molar-refractivity contribution in [2.75, 3.05) is 4.90 Å². The van der Waals surface area contributed by atoms with Crippen molar-refractivity contribution >= 4 is 39.0 Å². The summed E-state index contributed by atoms with van der Waals surface area (Å²) in [6.45, 7) is 23.3. The van der Waals surface area contributed by atoms with Crippen molar-refractivity contribution in [1.29, 1.82) is 0 Å². The van der Waals surface area contributed by atoms with Gasteiger partial charge >= 0.3 is 0 Å². The first kappa shape index (κ1) is 40.0. The normalized spacial score (nSPS) is 16.3. The van der Waals surface area contributed by atoms with Crippen LogP contribution in [0.1, 0.15) is 137 Å². The summed E-state index contributed by atoms with van der Waals surface area (Å²) in [6, 6.07) is 47.1. The van der Waals surface area contributed by atoms with Crippen molar-refractivity contribution in [3.8, 4) is 33.4 Å². The predicted octanol–water partition coefficient (Wildman–Crippen LogP) is 17.6. The van der Waals surface area contributed by atoms with Crippen LogP contribution in [0.5, 0.6) is 0 Å². The Morgan fingerprint density at radius 1 is 0.540 bits per heavy atom. The van der Waals surface area contributed by atoms with Crippen LogP contribution in [0.25, 0.3) is 55.3 Å². The number of anilines is 3. The molecule has 2 nitrogen and oxygen atoms in total. The molecule has 0 aliphatic heterocycles. The maximum atomic E-state index is 7.43. The van der Waals surface area contributed by atoms with E-state index in [1.165, 1.54) is 126 Å². The highest BCUT2D eigenvalue weighted by molar-refractivity contribution is 6.13. The van der Waals surface area contributed by atoms with E-state index in [-0.39, 0.29) is 16.2 Å². The first-order chi connectivity index (χ1) is 30.1. The molecule has 0 amide bonds. The summed E-state index contributed by atoms with van der Waals surface area (Å²) < 4.78 is 7.43. The van der Waals surface area contributed by atoms with E-state index in [1.54, 1.807) is 0 Å². The molecule has 7 aromatic carbocycles. The maximum absolute atomic E-state index is 7.43. The van der Waals surface area contributed by atoms with Crippen LogP contribution in [-0.4, -0.2) is 0 Å². The molecule has 1 saturated carbocycles. The number of aryl methyl sites for hydroxylation is 3. The SMILES string of the molecule is Cc1cc(C)c(-c2cc(N(c3ccc4c(c3)C(C)(C)c3ccccc3-4)c3ccc4c(c3)C(C)(C)c3cc(C(C)(C)C)ccc3-4)c3oc4c(C5CCCCC5)cccc4c3c2)c(C)c1. The van der Waals surface area contributed by atoms with E-state index < -0.39 is 0 Å². The second-order valence-corrected chi connectivity index (χ2v) is 21.4. The van der Waals surface area contributed by atoms with Crippen LogP contribution in [0.15, 0.2) is 126 Å². The lowest BCUT2D eigenvalue weighted by Gasteiger charge is -2.30. The highest BCUT2D eigenvalue weighted by Crippen LogP contribution is 2.55. The minimum Gasteiger partial charge on any atom is -0.454 e. The Kier molecular flexibility index (Phi) is 8.92. The zero-order valence-electron chi connectivity index (χ0n) is 39.0. The fourth-order valence-electron chi connectivity index (χ4n) is 12.2. The van der Waals surface area contributed by atoms with Crippen LogP contribution in [0.3, 0.4) is 0 Å². The van der Waals surface area contributed by atoms with Gasteiger partial charge in [0, 0.05) is 33.0 Å². The number of nitrogens with zero attached hydrogens (tertiary/aromatic N) is 1. The van der Waals surface area contributed by atoms with Crippen LogP contribution < -0.4 is 4.90 Å². The van der Waals surface area contributed by atoms with Crippen LogP contribution >= 0.6 is 0 Å². The smallest absolute Gasteiger partial charge is 0.159 e. The molecule has 0 unspecified atom stereocenters. The molecule has 0 radical (unpaired) electrons. The van der Waals surface area contributed by atoms with Crippen molar-refractivity contribution in [2.24, 2.45) is 0 Å². The molecule has 1 aromatic heterocycles. The van der Waals surface area contributed by atoms with Crippen molar-refractivity contribution < 1.29 is 4.42 Å². The van der Waals surface area contributed by atoms with Gasteiger partial charge in [-0.3, -0.25) is 0 Å². The lowest BCUT2D eigenvalue weighted by molar-refractivity contribution is 0.442. The molecule has 3 aliphatic rings. The molecule has 0 bridgehead atoms. The van der Waals surface area contributed by atoms with Crippen LogP contribution in [0.2, 0.25) is 0 Å². The molecule has 316 valence electrons. The molecule has 0 N–H and O–H groups in total. The predicted molar refractivity (Wildman–Crippen MR) is 268 cm³/mol. The first-order valence-corrected chi connectivity index (χ1v) is 23.5. The Morgan fingerprint density at radius 3 is 1.78 bits per heavy atom. The summed E-state index contributed by atoms with van der Waals surface area (Å²) >= 11 is 0. The van der Waals surface area contributed by atoms with Gasteiger partial charge in [-0.1, -0.05) is 158 Å². The van der Waals surface area contributed by atoms with E-state index in [0.717, 1.165) is 28.2 Å². The minimum absolute atomic E-state index is 0.0663. The van der Waals surface area contributed by atoms with E-state index in [0.29, 0.717) is 5.92 Å². The van der Waals surface area contributed by atoms with Crippen LogP contribution in [0, 0.1) is 20.8 Å². The molecule has 8 aromatic rings. The topological polar surface area (TPSA) is 16.4 Å². The number of benzene rings is 7. The van der Waals surface area contributed by atoms with Gasteiger partial charge in [-0.2, -0.15) is 0 Å². The van der Waals surface area contributed by atoms with Gasteiger partial charge in [0.15, 0.2) is 5.58 Å². The second-order valence-electron chi connectivity index (χ2n) is 21.4. The number of para-hydroxylation sites is 1. The summed E-state index contributed by atoms with van der Waals surface area (Å²) in [4.78, 5) is 2.53. The van der Waals surface area contributed by atoms with Crippen molar-refractivity contribution in [3.63, 3.8) is 0 Å². The Balaban J connectivity index is 1.21. The number of hydrogen-bond acceptors (Lipinski definition) is 2. The average molecular weight is 824 g/mol. The van der Waals surface area contributed by atoms with Crippen molar-refractivity contribution in [1.82, 2.24) is 0 Å². The maximum Gasteiger partial charge on any atom is 0.159 e. The summed E-state index contributed by atoms with van der Waals surface area (Å²) in [5, 5.41) is 2.39. The molecule has 0 spiro atoms. The van der Waals surface area contributed by atoms with Gasteiger partial charge in [0.05, 0.1) is 5.69 Å². The lowest BCUT2D eigenvalue weighted by atomic mass is 9.79. The first-order valence-electron chi connectivity index (χ1n) is 23.5. The molecule has 3 aliphatic carbocycles. The summed E-state index contributed by atoms with van der Waals surface area (Å²) in [6.07, 6.45) is 6.34. The number of furan rings is 1. The van der Waals surface area contributed by atoms with Gasteiger partial charge in [0.2, 0.25) is 0 Å². The fraction of sp³-hybridized carbons (Fsp3) is 0.311. The second kappa shape index (κ2) is 14.1. The van der Waals surface area contributed by atoms with Gasteiger partial charge in [-0.25, -0.2) is 0 Å². The Hall–Kier alpha value is -5.86. The Bertz CT molecular complexity index is 3150. The van der Waals surface area contributed by atoms with E-state index in [9.17, 15) is 0 Å². The lowest BCUT2D eigenvalue weighted by Crippen LogP contribution is -2.19. The van der Waals surface area contributed by atoms with E-state index in [1.807, 2.05) is 0 Å². The van der Waals surface area contributed by atoms with Crippen molar-refractivity contribution in [3.05, 3.63) is 171 Å².